The summed E-state index contributed by atoms with van der Waals surface area (Å²) in [7, 11) is 0. The molecule has 0 atom stereocenters. The van der Waals surface area contributed by atoms with Crippen LogP contribution in [0.3, 0.4) is 0 Å². The number of nitrogens with one attached hydrogen (secondary N) is 2. The first kappa shape index (κ1) is 17.6. The molecule has 0 spiro atoms. The van der Waals surface area contributed by atoms with Crippen molar-refractivity contribution in [2.75, 3.05) is 23.3 Å². The van der Waals surface area contributed by atoms with Gasteiger partial charge in [0.25, 0.3) is 0 Å². The van der Waals surface area contributed by atoms with Crippen molar-refractivity contribution in [2.24, 2.45) is 0 Å². The van der Waals surface area contributed by atoms with Gasteiger partial charge in [0.15, 0.2) is 0 Å². The third-order valence-corrected chi connectivity index (χ3v) is 5.03. The molecule has 0 unspecified atom stereocenters. The quantitative estimate of drug-likeness (QED) is 0.866. The minimum atomic E-state index is -0.240. The first-order chi connectivity index (χ1) is 13.0. The zero-order chi connectivity index (χ0) is 18.9. The van der Waals surface area contributed by atoms with Crippen LogP contribution in [0.2, 0.25) is 0 Å². The lowest BCUT2D eigenvalue weighted by Crippen LogP contribution is -2.29. The van der Waals surface area contributed by atoms with Gasteiger partial charge in [-0.3, -0.25) is 0 Å². The van der Waals surface area contributed by atoms with E-state index >= 15 is 0 Å². The molecule has 1 aromatic carbocycles. The molecule has 3 heterocycles. The predicted octanol–water partition coefficient (Wildman–Crippen LogP) is 3.72. The zero-order valence-corrected chi connectivity index (χ0v) is 15.9. The van der Waals surface area contributed by atoms with E-state index < -0.39 is 0 Å². The number of amides is 2. The van der Waals surface area contributed by atoms with E-state index in [0.717, 1.165) is 42.2 Å². The first-order valence-corrected chi connectivity index (χ1v) is 9.56. The Morgan fingerprint density at radius 2 is 2.07 bits per heavy atom. The fourth-order valence-corrected chi connectivity index (χ4v) is 3.75. The summed E-state index contributed by atoms with van der Waals surface area (Å²) in [6.07, 6.45) is 5.08. The number of hydrogen-bond donors (Lipinski definition) is 2. The van der Waals surface area contributed by atoms with Crippen molar-refractivity contribution in [3.8, 4) is 5.75 Å². The van der Waals surface area contributed by atoms with Crippen molar-refractivity contribution >= 4 is 17.5 Å². The molecule has 1 aromatic heterocycles. The second-order valence-electron chi connectivity index (χ2n) is 7.86. The minimum absolute atomic E-state index is 0.237. The predicted molar refractivity (Wildman–Crippen MR) is 106 cm³/mol. The molecule has 0 saturated carbocycles. The maximum Gasteiger partial charge on any atom is 0.319 e. The second-order valence-corrected chi connectivity index (χ2v) is 7.86. The highest BCUT2D eigenvalue weighted by Gasteiger charge is 2.31. The highest BCUT2D eigenvalue weighted by molar-refractivity contribution is 5.91. The van der Waals surface area contributed by atoms with Crippen molar-refractivity contribution in [1.82, 2.24) is 10.3 Å². The molecule has 2 aromatic rings. The number of benzene rings is 1. The summed E-state index contributed by atoms with van der Waals surface area (Å²) in [6.45, 7) is 6.67. The van der Waals surface area contributed by atoms with E-state index in [-0.39, 0.29) is 11.6 Å². The van der Waals surface area contributed by atoms with Gasteiger partial charge in [-0.05, 0) is 50.5 Å². The molecule has 0 radical (unpaired) electrons. The number of nitrogens with zero attached hydrogens (tertiary/aromatic N) is 2. The number of aromatic nitrogens is 1. The van der Waals surface area contributed by atoms with Gasteiger partial charge in [-0.15, -0.1) is 0 Å². The first-order valence-electron chi connectivity index (χ1n) is 9.56. The molecule has 2 N–H and O–H groups in total. The van der Waals surface area contributed by atoms with Gasteiger partial charge < -0.3 is 20.3 Å². The van der Waals surface area contributed by atoms with Crippen LogP contribution >= 0.6 is 0 Å². The van der Waals surface area contributed by atoms with Gasteiger partial charge >= 0.3 is 6.03 Å². The molecule has 4 rings (SSSR count). The molecule has 1 saturated heterocycles. The molecule has 27 heavy (non-hydrogen) atoms. The summed E-state index contributed by atoms with van der Waals surface area (Å²) in [5.41, 5.74) is 2.64. The number of fused-ring (bicyclic) bond motifs is 1. The lowest BCUT2D eigenvalue weighted by Gasteiger charge is -2.18. The topological polar surface area (TPSA) is 66.5 Å². The smallest absolute Gasteiger partial charge is 0.319 e. The average Bonchev–Trinajstić information content (AvgIpc) is 3.27. The molecule has 142 valence electrons. The van der Waals surface area contributed by atoms with Crippen LogP contribution in [0.4, 0.5) is 16.3 Å². The lowest BCUT2D eigenvalue weighted by atomic mass is 10.0. The average molecular weight is 366 g/mol. The SMILES string of the molecule is CC1(C)Cc2cccc(NC(=O)NCc3ccnc(N4CCCC4)c3)c2O1. The number of pyridine rings is 1. The standard InChI is InChI=1S/C21H26N4O2/c1-21(2)13-16-6-5-7-17(19(16)27-21)24-20(26)23-14-15-8-9-22-18(12-15)25-10-3-4-11-25/h5-9,12H,3-4,10-11,13-14H2,1-2H3,(H2,23,24,26). The van der Waals surface area contributed by atoms with Crippen LogP contribution in [0.25, 0.3) is 0 Å². The monoisotopic (exact) mass is 366 g/mol. The highest BCUT2D eigenvalue weighted by atomic mass is 16.5. The van der Waals surface area contributed by atoms with Crippen LogP contribution in [-0.4, -0.2) is 29.7 Å². The largest absolute Gasteiger partial charge is 0.485 e. The Kier molecular flexibility index (Phi) is 4.64. The number of carbonyl (C=O) groups excluding carboxylic acids is 1. The Hall–Kier alpha value is -2.76. The zero-order valence-electron chi connectivity index (χ0n) is 15.9. The molecule has 2 aliphatic rings. The van der Waals surface area contributed by atoms with Gasteiger partial charge in [-0.1, -0.05) is 12.1 Å². The van der Waals surface area contributed by atoms with Crippen LogP contribution in [0.1, 0.15) is 37.8 Å². The maximum atomic E-state index is 12.4. The number of rotatable bonds is 4. The molecule has 2 amide bonds. The van der Waals surface area contributed by atoms with E-state index in [1.54, 1.807) is 0 Å². The van der Waals surface area contributed by atoms with Crippen molar-refractivity contribution < 1.29 is 9.53 Å². The number of para-hydroxylation sites is 1. The Morgan fingerprint density at radius 3 is 2.89 bits per heavy atom. The van der Waals surface area contributed by atoms with Gasteiger partial charge in [0.2, 0.25) is 0 Å². The van der Waals surface area contributed by atoms with Gasteiger partial charge in [-0.25, -0.2) is 9.78 Å². The number of anilines is 2. The van der Waals surface area contributed by atoms with Crippen molar-refractivity contribution in [3.05, 3.63) is 47.7 Å². The van der Waals surface area contributed by atoms with Crippen molar-refractivity contribution in [3.63, 3.8) is 0 Å². The van der Waals surface area contributed by atoms with Crippen molar-refractivity contribution in [1.29, 1.82) is 0 Å². The molecule has 0 aliphatic carbocycles. The Bertz CT molecular complexity index is 844. The van der Waals surface area contributed by atoms with E-state index in [2.05, 4.69) is 40.4 Å². The van der Waals surface area contributed by atoms with Crippen LogP contribution in [0, 0.1) is 0 Å². The molecule has 0 bridgehead atoms. The van der Waals surface area contributed by atoms with Gasteiger partial charge in [0.1, 0.15) is 17.2 Å². The van der Waals surface area contributed by atoms with E-state index in [9.17, 15) is 4.79 Å². The molecular weight excluding hydrogens is 340 g/mol. The van der Waals surface area contributed by atoms with Gasteiger partial charge in [-0.2, -0.15) is 0 Å². The Balaban J connectivity index is 1.37. The molecule has 6 nitrogen and oxygen atoms in total. The lowest BCUT2D eigenvalue weighted by molar-refractivity contribution is 0.139. The van der Waals surface area contributed by atoms with Gasteiger partial charge in [0, 0.05) is 37.8 Å². The number of hydrogen-bond acceptors (Lipinski definition) is 4. The van der Waals surface area contributed by atoms with Gasteiger partial charge in [0.05, 0.1) is 5.69 Å². The van der Waals surface area contributed by atoms with Crippen LogP contribution < -0.4 is 20.3 Å². The fraction of sp³-hybridized carbons (Fsp3) is 0.429. The molecular formula is C21H26N4O2. The Morgan fingerprint density at radius 1 is 1.26 bits per heavy atom. The van der Waals surface area contributed by atoms with Crippen LogP contribution in [0.15, 0.2) is 36.5 Å². The normalized spacial score (nSPS) is 17.3. The minimum Gasteiger partial charge on any atom is -0.485 e. The van der Waals surface area contributed by atoms with Crippen molar-refractivity contribution in [2.45, 2.75) is 45.3 Å². The third kappa shape index (κ3) is 3.99. The summed E-state index contributed by atoms with van der Waals surface area (Å²) >= 11 is 0. The van der Waals surface area contributed by atoms with E-state index in [1.807, 2.05) is 30.5 Å². The fourth-order valence-electron chi connectivity index (χ4n) is 3.75. The molecule has 6 heteroatoms. The maximum absolute atomic E-state index is 12.4. The summed E-state index contributed by atoms with van der Waals surface area (Å²) < 4.78 is 6.01. The summed E-state index contributed by atoms with van der Waals surface area (Å²) in [4.78, 5) is 19.1. The number of ether oxygens (including phenoxy) is 1. The summed E-state index contributed by atoms with van der Waals surface area (Å²) in [6, 6.07) is 9.62. The Labute approximate surface area is 159 Å². The van der Waals surface area contributed by atoms with E-state index in [1.165, 1.54) is 12.8 Å². The summed E-state index contributed by atoms with van der Waals surface area (Å²) in [5.74, 6) is 1.77. The van der Waals surface area contributed by atoms with Crippen LogP contribution in [0.5, 0.6) is 5.75 Å². The molecule has 2 aliphatic heterocycles. The number of carbonyl (C=O) groups is 1. The van der Waals surface area contributed by atoms with E-state index in [0.29, 0.717) is 12.2 Å². The second kappa shape index (κ2) is 7.10. The third-order valence-electron chi connectivity index (χ3n) is 5.03. The molecule has 1 fully saturated rings. The van der Waals surface area contributed by atoms with E-state index in [4.69, 9.17) is 4.74 Å². The summed E-state index contributed by atoms with van der Waals surface area (Å²) in [5, 5.41) is 5.84. The number of urea groups is 1. The highest BCUT2D eigenvalue weighted by Crippen LogP contribution is 2.40. The van der Waals surface area contributed by atoms with Crippen LogP contribution in [-0.2, 0) is 13.0 Å².